The fourth-order valence-corrected chi connectivity index (χ4v) is 2.04. The number of hydrogen-bond acceptors (Lipinski definition) is 3. The van der Waals surface area contributed by atoms with Crippen molar-refractivity contribution in [3.05, 3.63) is 51.8 Å². The number of ether oxygens (including phenoxy) is 1. The molecule has 92 valence electrons. The van der Waals surface area contributed by atoms with Crippen LogP contribution in [0.5, 0.6) is 11.6 Å². The highest BCUT2D eigenvalue weighted by molar-refractivity contribution is 5.46. The van der Waals surface area contributed by atoms with E-state index >= 15 is 0 Å². The monoisotopic (exact) mass is 242 g/mol. The third-order valence-electron chi connectivity index (χ3n) is 3.14. The summed E-state index contributed by atoms with van der Waals surface area (Å²) < 4.78 is 5.72. The third kappa shape index (κ3) is 2.01. The van der Waals surface area contributed by atoms with Crippen LogP contribution in [0.15, 0.2) is 35.3 Å². The minimum absolute atomic E-state index is 0.105. The number of benzene rings is 1. The molecule has 1 heterocycles. The molecule has 0 aliphatic heterocycles. The molecular weight excluding hydrogens is 228 g/mol. The molecule has 0 amide bonds. The van der Waals surface area contributed by atoms with Gasteiger partial charge in [-0.05, 0) is 36.8 Å². The number of aromatic nitrogens is 2. The van der Waals surface area contributed by atoms with Gasteiger partial charge in [0.1, 0.15) is 5.75 Å². The van der Waals surface area contributed by atoms with Crippen LogP contribution in [-0.4, -0.2) is 10.2 Å². The van der Waals surface area contributed by atoms with Crippen LogP contribution in [0.25, 0.3) is 0 Å². The summed E-state index contributed by atoms with van der Waals surface area (Å²) in [4.78, 5) is 11.6. The zero-order chi connectivity index (χ0) is 12.5. The fraction of sp³-hybridized carbons (Fsp3) is 0.286. The first-order valence-electron chi connectivity index (χ1n) is 6.07. The second kappa shape index (κ2) is 4.29. The normalized spacial score (nSPS) is 14.5. The van der Waals surface area contributed by atoms with Crippen molar-refractivity contribution in [2.45, 2.75) is 25.7 Å². The summed E-state index contributed by atoms with van der Waals surface area (Å²) in [6.45, 7) is 1.98. The first-order valence-corrected chi connectivity index (χ1v) is 6.07. The number of hydrogen-bond donors (Lipinski definition) is 1. The average molecular weight is 242 g/mol. The van der Waals surface area contributed by atoms with Crippen LogP contribution in [0.3, 0.4) is 0 Å². The Morgan fingerprint density at radius 1 is 1.33 bits per heavy atom. The van der Waals surface area contributed by atoms with Gasteiger partial charge in [-0.25, -0.2) is 0 Å². The maximum atomic E-state index is 11.6. The second-order valence-corrected chi connectivity index (χ2v) is 4.61. The summed E-state index contributed by atoms with van der Waals surface area (Å²) >= 11 is 0. The molecule has 0 bridgehead atoms. The molecule has 1 aliphatic carbocycles. The van der Waals surface area contributed by atoms with Gasteiger partial charge in [-0.1, -0.05) is 18.2 Å². The highest BCUT2D eigenvalue weighted by Crippen LogP contribution is 2.45. The molecule has 1 aromatic heterocycles. The van der Waals surface area contributed by atoms with E-state index in [-0.39, 0.29) is 11.3 Å². The van der Waals surface area contributed by atoms with E-state index in [1.807, 2.05) is 19.1 Å². The van der Waals surface area contributed by atoms with E-state index in [2.05, 4.69) is 16.3 Å². The molecule has 0 saturated heterocycles. The van der Waals surface area contributed by atoms with Gasteiger partial charge >= 0.3 is 0 Å². The van der Waals surface area contributed by atoms with Gasteiger partial charge in [-0.3, -0.25) is 9.89 Å². The number of rotatable bonds is 3. The molecule has 18 heavy (non-hydrogen) atoms. The van der Waals surface area contributed by atoms with Crippen LogP contribution in [0.2, 0.25) is 0 Å². The molecule has 1 fully saturated rings. The molecule has 3 rings (SSSR count). The molecule has 0 radical (unpaired) electrons. The second-order valence-electron chi connectivity index (χ2n) is 4.61. The Morgan fingerprint density at radius 2 is 2.17 bits per heavy atom. The predicted octanol–water partition coefficient (Wildman–Crippen LogP) is 2.75. The molecule has 1 N–H and O–H groups in total. The minimum atomic E-state index is -0.209. The van der Waals surface area contributed by atoms with E-state index in [0.717, 1.165) is 11.3 Å². The summed E-state index contributed by atoms with van der Waals surface area (Å²) in [6.07, 6.45) is 3.88. The third-order valence-corrected chi connectivity index (χ3v) is 3.14. The summed E-state index contributed by atoms with van der Waals surface area (Å²) in [7, 11) is 0. The van der Waals surface area contributed by atoms with Crippen molar-refractivity contribution in [3.8, 4) is 11.6 Å². The maximum Gasteiger partial charge on any atom is 0.285 e. The standard InChI is InChI=1S/C14H14N2O2/c1-9-3-2-4-11(10-5-6-10)13(9)18-14-12(17)7-8-15-16-14/h2-4,7-8,10H,5-6H2,1H3,(H,15,17). The lowest BCUT2D eigenvalue weighted by molar-refractivity contribution is 0.441. The zero-order valence-electron chi connectivity index (χ0n) is 10.1. The van der Waals surface area contributed by atoms with Crippen LogP contribution in [0.4, 0.5) is 0 Å². The number of nitrogens with zero attached hydrogens (tertiary/aromatic N) is 1. The highest BCUT2D eigenvalue weighted by atomic mass is 16.5. The van der Waals surface area contributed by atoms with Crippen molar-refractivity contribution < 1.29 is 4.74 Å². The molecule has 1 aromatic carbocycles. The quantitative estimate of drug-likeness (QED) is 0.900. The molecule has 1 saturated carbocycles. The molecule has 0 spiro atoms. The maximum absolute atomic E-state index is 11.6. The topological polar surface area (TPSA) is 55.0 Å². The lowest BCUT2D eigenvalue weighted by atomic mass is 10.1. The van der Waals surface area contributed by atoms with Gasteiger partial charge in [0.15, 0.2) is 0 Å². The first-order chi connectivity index (χ1) is 8.75. The van der Waals surface area contributed by atoms with Gasteiger partial charge in [0.2, 0.25) is 5.43 Å². The van der Waals surface area contributed by atoms with Crippen molar-refractivity contribution in [3.63, 3.8) is 0 Å². The van der Waals surface area contributed by atoms with Crippen molar-refractivity contribution in [2.75, 3.05) is 0 Å². The molecule has 4 nitrogen and oxygen atoms in total. The van der Waals surface area contributed by atoms with Gasteiger partial charge < -0.3 is 4.74 Å². The van der Waals surface area contributed by atoms with Crippen LogP contribution in [0.1, 0.15) is 29.9 Å². The van der Waals surface area contributed by atoms with Gasteiger partial charge in [0.05, 0.1) is 0 Å². The minimum Gasteiger partial charge on any atom is -0.434 e. The van der Waals surface area contributed by atoms with Gasteiger partial charge in [-0.15, -0.1) is 5.10 Å². The summed E-state index contributed by atoms with van der Waals surface area (Å²) in [5, 5.41) is 6.51. The molecule has 0 unspecified atom stereocenters. The Bertz CT molecular complexity index is 630. The number of nitrogens with one attached hydrogen (secondary N) is 1. The van der Waals surface area contributed by atoms with Gasteiger partial charge in [0.25, 0.3) is 5.88 Å². The van der Waals surface area contributed by atoms with E-state index in [4.69, 9.17) is 4.74 Å². The Hall–Kier alpha value is -2.10. The average Bonchev–Trinajstić information content (AvgIpc) is 3.18. The lowest BCUT2D eigenvalue weighted by Gasteiger charge is -2.11. The number of aromatic amines is 1. The van der Waals surface area contributed by atoms with E-state index in [1.54, 1.807) is 0 Å². The van der Waals surface area contributed by atoms with Crippen LogP contribution in [-0.2, 0) is 0 Å². The van der Waals surface area contributed by atoms with E-state index in [1.165, 1.54) is 30.7 Å². The van der Waals surface area contributed by atoms with Gasteiger partial charge in [-0.2, -0.15) is 0 Å². The predicted molar refractivity (Wildman–Crippen MR) is 68.1 cm³/mol. The summed E-state index contributed by atoms with van der Waals surface area (Å²) in [6, 6.07) is 7.49. The highest BCUT2D eigenvalue weighted by Gasteiger charge is 2.27. The number of H-pyrrole nitrogens is 1. The van der Waals surface area contributed by atoms with Crippen molar-refractivity contribution in [2.24, 2.45) is 0 Å². The molecule has 4 heteroatoms. The zero-order valence-corrected chi connectivity index (χ0v) is 10.1. The van der Waals surface area contributed by atoms with Crippen molar-refractivity contribution in [1.82, 2.24) is 10.2 Å². The Kier molecular flexibility index (Phi) is 2.63. The van der Waals surface area contributed by atoms with E-state index in [0.29, 0.717) is 5.92 Å². The Balaban J connectivity index is 2.02. The summed E-state index contributed by atoms with van der Waals surface area (Å²) in [5.41, 5.74) is 2.00. The van der Waals surface area contributed by atoms with Gasteiger partial charge in [0, 0.05) is 12.3 Å². The SMILES string of the molecule is Cc1cccc(C2CC2)c1Oc1n[nH]ccc1=O. The molecular formula is C14H14N2O2. The Labute approximate surface area is 105 Å². The van der Waals surface area contributed by atoms with E-state index < -0.39 is 0 Å². The largest absolute Gasteiger partial charge is 0.434 e. The molecule has 0 atom stereocenters. The number of aryl methyl sites for hydroxylation is 1. The van der Waals surface area contributed by atoms with Crippen molar-refractivity contribution in [1.29, 1.82) is 0 Å². The summed E-state index contributed by atoms with van der Waals surface area (Å²) in [5.74, 6) is 1.46. The molecule has 2 aromatic rings. The van der Waals surface area contributed by atoms with Crippen LogP contribution < -0.4 is 10.2 Å². The lowest BCUT2D eigenvalue weighted by Crippen LogP contribution is -2.07. The smallest absolute Gasteiger partial charge is 0.285 e. The first kappa shape index (κ1) is 11.0. The van der Waals surface area contributed by atoms with E-state index in [9.17, 15) is 4.79 Å². The Morgan fingerprint density at radius 3 is 2.89 bits per heavy atom. The van der Waals surface area contributed by atoms with Crippen LogP contribution in [0, 0.1) is 6.92 Å². The fourth-order valence-electron chi connectivity index (χ4n) is 2.04. The van der Waals surface area contributed by atoms with Crippen LogP contribution >= 0.6 is 0 Å². The van der Waals surface area contributed by atoms with Crippen molar-refractivity contribution >= 4 is 0 Å². The number of para-hydroxylation sites is 1. The molecule has 1 aliphatic rings.